The molecule has 0 aliphatic carbocycles. The van der Waals surface area contributed by atoms with Gasteiger partial charge in [0.1, 0.15) is 0 Å². The van der Waals surface area contributed by atoms with E-state index in [-0.39, 0.29) is 11.4 Å². The van der Waals surface area contributed by atoms with Crippen molar-refractivity contribution in [3.8, 4) is 0 Å². The maximum Gasteiger partial charge on any atom is 0.220 e. The van der Waals surface area contributed by atoms with E-state index < -0.39 is 0 Å². The standard InChI is InChI=1S/C13H20N2O/c1-4-5-6-12(16)15-13(2,3)11-7-9-14-10-8-11/h7-10H,4-6H2,1-3H3,(H,15,16). The first-order valence-electron chi connectivity index (χ1n) is 5.78. The van der Waals surface area contributed by atoms with Gasteiger partial charge in [0.2, 0.25) is 5.91 Å². The fourth-order valence-corrected chi connectivity index (χ4v) is 1.59. The third-order valence-corrected chi connectivity index (χ3v) is 2.61. The van der Waals surface area contributed by atoms with Crippen molar-refractivity contribution in [3.63, 3.8) is 0 Å². The topological polar surface area (TPSA) is 42.0 Å². The van der Waals surface area contributed by atoms with Gasteiger partial charge in [-0.2, -0.15) is 0 Å². The highest BCUT2D eigenvalue weighted by atomic mass is 16.1. The van der Waals surface area contributed by atoms with Crippen LogP contribution in [0.25, 0.3) is 0 Å². The van der Waals surface area contributed by atoms with E-state index in [9.17, 15) is 4.79 Å². The first-order valence-corrected chi connectivity index (χ1v) is 5.78. The minimum atomic E-state index is -0.326. The van der Waals surface area contributed by atoms with Crippen molar-refractivity contribution in [1.82, 2.24) is 10.3 Å². The number of carbonyl (C=O) groups excluding carboxylic acids is 1. The predicted molar refractivity (Wildman–Crippen MR) is 64.9 cm³/mol. The number of carbonyl (C=O) groups is 1. The Morgan fingerprint density at radius 1 is 1.38 bits per heavy atom. The third-order valence-electron chi connectivity index (χ3n) is 2.61. The van der Waals surface area contributed by atoms with E-state index in [4.69, 9.17) is 0 Å². The number of rotatable bonds is 5. The molecule has 0 spiro atoms. The van der Waals surface area contributed by atoms with Gasteiger partial charge in [-0.3, -0.25) is 9.78 Å². The molecule has 16 heavy (non-hydrogen) atoms. The Labute approximate surface area is 97.3 Å². The van der Waals surface area contributed by atoms with Gasteiger partial charge in [0.25, 0.3) is 0 Å². The second-order valence-electron chi connectivity index (χ2n) is 4.51. The summed E-state index contributed by atoms with van der Waals surface area (Å²) in [4.78, 5) is 15.6. The van der Waals surface area contributed by atoms with Crippen molar-refractivity contribution in [2.75, 3.05) is 0 Å². The zero-order chi connectivity index (χ0) is 12.0. The molecule has 0 saturated heterocycles. The molecule has 1 amide bonds. The van der Waals surface area contributed by atoms with E-state index in [1.807, 2.05) is 26.0 Å². The summed E-state index contributed by atoms with van der Waals surface area (Å²) in [5, 5.41) is 3.04. The van der Waals surface area contributed by atoms with E-state index in [1.165, 1.54) is 0 Å². The summed E-state index contributed by atoms with van der Waals surface area (Å²) in [5.74, 6) is 0.115. The third kappa shape index (κ3) is 3.65. The number of amides is 1. The molecule has 0 aliphatic rings. The fourth-order valence-electron chi connectivity index (χ4n) is 1.59. The van der Waals surface area contributed by atoms with Crippen LogP contribution in [0.3, 0.4) is 0 Å². The van der Waals surface area contributed by atoms with Crippen LogP contribution in [-0.4, -0.2) is 10.9 Å². The second-order valence-corrected chi connectivity index (χ2v) is 4.51. The van der Waals surface area contributed by atoms with E-state index in [2.05, 4.69) is 17.2 Å². The largest absolute Gasteiger partial charge is 0.347 e. The fraction of sp³-hybridized carbons (Fsp3) is 0.538. The lowest BCUT2D eigenvalue weighted by Gasteiger charge is -2.26. The average molecular weight is 220 g/mol. The number of nitrogens with one attached hydrogen (secondary N) is 1. The van der Waals surface area contributed by atoms with Crippen molar-refractivity contribution in [1.29, 1.82) is 0 Å². The zero-order valence-corrected chi connectivity index (χ0v) is 10.3. The monoisotopic (exact) mass is 220 g/mol. The maximum absolute atomic E-state index is 11.7. The van der Waals surface area contributed by atoms with Crippen molar-refractivity contribution in [2.45, 2.75) is 45.6 Å². The van der Waals surface area contributed by atoms with E-state index in [0.717, 1.165) is 18.4 Å². The van der Waals surface area contributed by atoms with Crippen molar-refractivity contribution in [2.24, 2.45) is 0 Å². The maximum atomic E-state index is 11.7. The first-order chi connectivity index (χ1) is 7.56. The van der Waals surface area contributed by atoms with Gasteiger partial charge in [-0.05, 0) is 38.0 Å². The molecule has 0 atom stereocenters. The Hall–Kier alpha value is -1.38. The summed E-state index contributed by atoms with van der Waals surface area (Å²) in [5.41, 5.74) is 0.751. The minimum Gasteiger partial charge on any atom is -0.347 e. The highest BCUT2D eigenvalue weighted by molar-refractivity contribution is 5.76. The molecule has 1 aromatic heterocycles. The Balaban J connectivity index is 2.61. The Bertz CT molecular complexity index is 333. The number of nitrogens with zero attached hydrogens (tertiary/aromatic N) is 1. The molecule has 1 aromatic rings. The van der Waals surface area contributed by atoms with Crippen LogP contribution in [0.1, 0.15) is 45.6 Å². The van der Waals surface area contributed by atoms with Gasteiger partial charge in [0.05, 0.1) is 5.54 Å². The molecule has 88 valence electrons. The number of unbranched alkanes of at least 4 members (excludes halogenated alkanes) is 1. The summed E-state index contributed by atoms with van der Waals surface area (Å²) >= 11 is 0. The van der Waals surface area contributed by atoms with Gasteiger partial charge in [0.15, 0.2) is 0 Å². The molecule has 3 nitrogen and oxygen atoms in total. The van der Waals surface area contributed by atoms with Crippen LogP contribution in [-0.2, 0) is 10.3 Å². The Morgan fingerprint density at radius 2 is 2.00 bits per heavy atom. The van der Waals surface area contributed by atoms with E-state index in [1.54, 1.807) is 12.4 Å². The Kier molecular flexibility index (Phi) is 4.47. The van der Waals surface area contributed by atoms with Gasteiger partial charge in [-0.25, -0.2) is 0 Å². The van der Waals surface area contributed by atoms with Crippen LogP contribution >= 0.6 is 0 Å². The average Bonchev–Trinajstić information content (AvgIpc) is 2.27. The van der Waals surface area contributed by atoms with E-state index in [0.29, 0.717) is 6.42 Å². The van der Waals surface area contributed by atoms with Crippen LogP contribution < -0.4 is 5.32 Å². The van der Waals surface area contributed by atoms with E-state index >= 15 is 0 Å². The lowest BCUT2D eigenvalue weighted by atomic mass is 9.95. The number of aromatic nitrogens is 1. The van der Waals surface area contributed by atoms with Crippen molar-refractivity contribution < 1.29 is 4.79 Å². The number of hydrogen-bond donors (Lipinski definition) is 1. The molecule has 1 rings (SSSR count). The molecule has 3 heteroatoms. The van der Waals surface area contributed by atoms with Crippen molar-refractivity contribution >= 4 is 5.91 Å². The molecule has 0 fully saturated rings. The SMILES string of the molecule is CCCCC(=O)NC(C)(C)c1ccncc1. The summed E-state index contributed by atoms with van der Waals surface area (Å²) in [7, 11) is 0. The van der Waals surface area contributed by atoms with Crippen LogP contribution in [0, 0.1) is 0 Å². The molecule has 1 heterocycles. The van der Waals surface area contributed by atoms with Gasteiger partial charge < -0.3 is 5.32 Å². The van der Waals surface area contributed by atoms with Crippen LogP contribution in [0.2, 0.25) is 0 Å². The molecule has 1 N–H and O–H groups in total. The second kappa shape index (κ2) is 5.64. The van der Waals surface area contributed by atoms with Gasteiger partial charge in [-0.1, -0.05) is 13.3 Å². The van der Waals surface area contributed by atoms with Crippen molar-refractivity contribution in [3.05, 3.63) is 30.1 Å². The summed E-state index contributed by atoms with van der Waals surface area (Å²) in [6.07, 6.45) is 6.08. The quantitative estimate of drug-likeness (QED) is 0.828. The highest BCUT2D eigenvalue weighted by Crippen LogP contribution is 2.18. The summed E-state index contributed by atoms with van der Waals surface area (Å²) < 4.78 is 0. The van der Waals surface area contributed by atoms with Gasteiger partial charge in [-0.15, -0.1) is 0 Å². The normalized spacial score (nSPS) is 11.2. The number of hydrogen-bond acceptors (Lipinski definition) is 2. The zero-order valence-electron chi connectivity index (χ0n) is 10.3. The molecular formula is C13H20N2O. The lowest BCUT2D eigenvalue weighted by Crippen LogP contribution is -2.40. The number of pyridine rings is 1. The first kappa shape index (κ1) is 12.7. The Morgan fingerprint density at radius 3 is 2.56 bits per heavy atom. The smallest absolute Gasteiger partial charge is 0.220 e. The van der Waals surface area contributed by atoms with Gasteiger partial charge in [0, 0.05) is 18.8 Å². The molecule has 0 unspecified atom stereocenters. The molecular weight excluding hydrogens is 200 g/mol. The minimum absolute atomic E-state index is 0.115. The summed E-state index contributed by atoms with van der Waals surface area (Å²) in [6.45, 7) is 6.10. The molecule has 0 aromatic carbocycles. The van der Waals surface area contributed by atoms with Crippen LogP contribution in [0.4, 0.5) is 0 Å². The highest BCUT2D eigenvalue weighted by Gasteiger charge is 2.21. The molecule has 0 radical (unpaired) electrons. The van der Waals surface area contributed by atoms with Gasteiger partial charge >= 0.3 is 0 Å². The van der Waals surface area contributed by atoms with Crippen LogP contribution in [0.5, 0.6) is 0 Å². The predicted octanol–water partition coefficient (Wildman–Crippen LogP) is 2.62. The molecule has 0 bridgehead atoms. The molecule has 0 saturated carbocycles. The molecule has 0 aliphatic heterocycles. The lowest BCUT2D eigenvalue weighted by molar-refractivity contribution is -0.122. The summed E-state index contributed by atoms with van der Waals surface area (Å²) in [6, 6.07) is 3.86. The van der Waals surface area contributed by atoms with Crippen LogP contribution in [0.15, 0.2) is 24.5 Å².